The van der Waals surface area contributed by atoms with Crippen LogP contribution in [-0.4, -0.2) is 23.4 Å². The summed E-state index contributed by atoms with van der Waals surface area (Å²) in [6.07, 6.45) is 2.44. The highest BCUT2D eigenvalue weighted by molar-refractivity contribution is 5.69. The number of nitrogens with zero attached hydrogens (tertiary/aromatic N) is 3. The van der Waals surface area contributed by atoms with Crippen LogP contribution in [0.3, 0.4) is 0 Å². The lowest BCUT2D eigenvalue weighted by Gasteiger charge is -2.23. The van der Waals surface area contributed by atoms with Gasteiger partial charge >= 0.3 is 6.36 Å². The number of benzene rings is 1. The fraction of sp³-hybridized carbons (Fsp3) is 0.556. The van der Waals surface area contributed by atoms with E-state index in [-0.39, 0.29) is 11.7 Å². The molecule has 7 heteroatoms. The lowest BCUT2D eigenvalue weighted by molar-refractivity contribution is -0.274. The molecule has 0 aliphatic heterocycles. The molecule has 1 heterocycles. The smallest absolute Gasteiger partial charge is 0.406 e. The molecule has 1 aromatic heterocycles. The minimum atomic E-state index is -4.72. The van der Waals surface area contributed by atoms with Gasteiger partial charge in [0.2, 0.25) is 0 Å². The first-order chi connectivity index (χ1) is 16.0. The maximum absolute atomic E-state index is 12.6. The third kappa shape index (κ3) is 7.74. The summed E-state index contributed by atoms with van der Waals surface area (Å²) in [5, 5.41) is 0. The summed E-state index contributed by atoms with van der Waals surface area (Å²) in [4.78, 5) is 11.9. The summed E-state index contributed by atoms with van der Waals surface area (Å²) in [5.74, 6) is 2.20. The Labute approximate surface area is 202 Å². The van der Waals surface area contributed by atoms with Crippen LogP contribution in [0.15, 0.2) is 36.0 Å². The molecule has 0 aliphatic rings. The van der Waals surface area contributed by atoms with Crippen molar-refractivity contribution in [2.75, 3.05) is 11.9 Å². The topological polar surface area (TPSA) is 38.2 Å². The van der Waals surface area contributed by atoms with E-state index in [9.17, 15) is 13.2 Å². The molecule has 0 radical (unpaired) electrons. The number of hydrogen-bond acceptors (Lipinski definition) is 4. The largest absolute Gasteiger partial charge is 0.573 e. The number of rotatable bonds is 11. The van der Waals surface area contributed by atoms with Crippen LogP contribution in [0.2, 0.25) is 0 Å². The van der Waals surface area contributed by atoms with Gasteiger partial charge in [-0.3, -0.25) is 0 Å². The second-order valence-electron chi connectivity index (χ2n) is 9.09. The molecule has 0 saturated carbocycles. The first-order valence-electron chi connectivity index (χ1n) is 12.1. The zero-order valence-electron chi connectivity index (χ0n) is 21.5. The Morgan fingerprint density at radius 1 is 1.06 bits per heavy atom. The SMILES string of the molecule is CC/C(C)=C/N(C)c1nc(C(CC)CCC(C)CC)nc(-c2ccc(OC(F)(F)F)cc2)c1C. The van der Waals surface area contributed by atoms with Crippen LogP contribution in [0.1, 0.15) is 84.0 Å². The predicted octanol–water partition coefficient (Wildman–Crippen LogP) is 8.42. The van der Waals surface area contributed by atoms with E-state index in [0.29, 0.717) is 5.92 Å². The molecule has 0 aliphatic carbocycles. The Balaban J connectivity index is 2.55. The Morgan fingerprint density at radius 2 is 1.71 bits per heavy atom. The summed E-state index contributed by atoms with van der Waals surface area (Å²) in [7, 11) is 1.97. The van der Waals surface area contributed by atoms with Crippen molar-refractivity contribution >= 4 is 5.82 Å². The van der Waals surface area contributed by atoms with Crippen molar-refractivity contribution in [3.05, 3.63) is 47.4 Å². The molecule has 4 nitrogen and oxygen atoms in total. The van der Waals surface area contributed by atoms with Crippen molar-refractivity contribution in [2.24, 2.45) is 5.92 Å². The minimum Gasteiger partial charge on any atom is -0.406 e. The van der Waals surface area contributed by atoms with E-state index < -0.39 is 6.36 Å². The normalized spacial score (nSPS) is 14.1. The van der Waals surface area contributed by atoms with Crippen molar-refractivity contribution < 1.29 is 17.9 Å². The maximum atomic E-state index is 12.6. The average molecular weight is 478 g/mol. The lowest BCUT2D eigenvalue weighted by Crippen LogP contribution is -2.17. The third-order valence-electron chi connectivity index (χ3n) is 6.37. The molecule has 0 amide bonds. The highest BCUT2D eigenvalue weighted by atomic mass is 19.4. The monoisotopic (exact) mass is 477 g/mol. The van der Waals surface area contributed by atoms with E-state index in [1.165, 1.54) is 17.7 Å². The van der Waals surface area contributed by atoms with Gasteiger partial charge in [-0.25, -0.2) is 9.97 Å². The highest BCUT2D eigenvalue weighted by Crippen LogP contribution is 2.34. The fourth-order valence-electron chi connectivity index (χ4n) is 3.83. The Bertz CT molecular complexity index is 955. The van der Waals surface area contributed by atoms with Crippen LogP contribution in [-0.2, 0) is 0 Å². The molecule has 0 saturated heterocycles. The van der Waals surface area contributed by atoms with Gasteiger partial charge in [0, 0.05) is 30.3 Å². The van der Waals surface area contributed by atoms with Gasteiger partial charge in [0.05, 0.1) is 5.69 Å². The molecule has 2 unspecified atom stereocenters. The van der Waals surface area contributed by atoms with Crippen molar-refractivity contribution in [1.82, 2.24) is 9.97 Å². The third-order valence-corrected chi connectivity index (χ3v) is 6.37. The van der Waals surface area contributed by atoms with Crippen molar-refractivity contribution in [2.45, 2.75) is 85.9 Å². The summed E-state index contributed by atoms with van der Waals surface area (Å²) < 4.78 is 41.8. The van der Waals surface area contributed by atoms with Gasteiger partial charge in [0.1, 0.15) is 17.4 Å². The van der Waals surface area contributed by atoms with Crippen LogP contribution in [0.25, 0.3) is 11.3 Å². The minimum absolute atomic E-state index is 0.213. The second kappa shape index (κ2) is 12.2. The molecule has 2 rings (SSSR count). The first kappa shape index (κ1) is 27.7. The molecule has 188 valence electrons. The summed E-state index contributed by atoms with van der Waals surface area (Å²) in [6.45, 7) is 12.8. The van der Waals surface area contributed by atoms with Gasteiger partial charge in [-0.15, -0.1) is 13.2 Å². The molecule has 1 aromatic carbocycles. The van der Waals surface area contributed by atoms with Gasteiger partial charge in [-0.2, -0.15) is 0 Å². The molecular formula is C27H38F3N3O. The number of allylic oxidation sites excluding steroid dienone is 1. The van der Waals surface area contributed by atoms with E-state index in [2.05, 4.69) is 45.6 Å². The fourth-order valence-corrected chi connectivity index (χ4v) is 3.83. The number of alkyl halides is 3. The summed E-state index contributed by atoms with van der Waals surface area (Å²) >= 11 is 0. The molecule has 2 aromatic rings. The highest BCUT2D eigenvalue weighted by Gasteiger charge is 2.31. The molecule has 0 bridgehead atoms. The zero-order valence-corrected chi connectivity index (χ0v) is 21.5. The van der Waals surface area contributed by atoms with Gasteiger partial charge < -0.3 is 9.64 Å². The Morgan fingerprint density at radius 3 is 2.24 bits per heavy atom. The standard InChI is InChI=1S/C27H38F3N3O/c1-8-18(4)11-12-21(10-3)25-31-24(20(6)26(32-25)33(7)17-19(5)9-2)22-13-15-23(16-14-22)34-27(28,29)30/h13-18,21H,8-12H2,1-7H3/b19-17+. The van der Waals surface area contributed by atoms with E-state index in [1.54, 1.807) is 12.1 Å². The second-order valence-corrected chi connectivity index (χ2v) is 9.09. The molecule has 2 atom stereocenters. The van der Waals surface area contributed by atoms with Crippen molar-refractivity contribution in [3.63, 3.8) is 0 Å². The number of ether oxygens (including phenoxy) is 1. The Hall–Kier alpha value is -2.57. The lowest BCUT2D eigenvalue weighted by atomic mass is 9.92. The van der Waals surface area contributed by atoms with Gasteiger partial charge in [-0.05, 0) is 63.3 Å². The van der Waals surface area contributed by atoms with Crippen LogP contribution in [0, 0.1) is 12.8 Å². The molecule has 0 N–H and O–H groups in total. The van der Waals surface area contributed by atoms with Crippen molar-refractivity contribution in [3.8, 4) is 17.0 Å². The van der Waals surface area contributed by atoms with E-state index in [1.807, 2.05) is 18.9 Å². The molecule has 0 fully saturated rings. The van der Waals surface area contributed by atoms with Crippen LogP contribution < -0.4 is 9.64 Å². The number of halogens is 3. The molecular weight excluding hydrogens is 439 g/mol. The molecule has 0 spiro atoms. The first-order valence-corrected chi connectivity index (χ1v) is 12.1. The predicted molar refractivity (Wildman–Crippen MR) is 133 cm³/mol. The van der Waals surface area contributed by atoms with E-state index in [4.69, 9.17) is 9.97 Å². The van der Waals surface area contributed by atoms with Crippen LogP contribution >= 0.6 is 0 Å². The van der Waals surface area contributed by atoms with Crippen LogP contribution in [0.4, 0.5) is 19.0 Å². The van der Waals surface area contributed by atoms with Crippen LogP contribution in [0.5, 0.6) is 5.75 Å². The summed E-state index contributed by atoms with van der Waals surface area (Å²) in [5.41, 5.74) is 3.57. The Kier molecular flexibility index (Phi) is 9.95. The molecule has 34 heavy (non-hydrogen) atoms. The van der Waals surface area contributed by atoms with E-state index >= 15 is 0 Å². The number of hydrogen-bond donors (Lipinski definition) is 0. The average Bonchev–Trinajstić information content (AvgIpc) is 2.79. The summed E-state index contributed by atoms with van der Waals surface area (Å²) in [6, 6.07) is 5.90. The number of aromatic nitrogens is 2. The quantitative estimate of drug-likeness (QED) is 0.325. The maximum Gasteiger partial charge on any atom is 0.573 e. The van der Waals surface area contributed by atoms with Gasteiger partial charge in [-0.1, -0.05) is 46.1 Å². The number of anilines is 1. The van der Waals surface area contributed by atoms with E-state index in [0.717, 1.165) is 60.6 Å². The zero-order chi connectivity index (χ0) is 25.5. The van der Waals surface area contributed by atoms with Crippen molar-refractivity contribution in [1.29, 1.82) is 0 Å². The van der Waals surface area contributed by atoms with Gasteiger partial charge in [0.25, 0.3) is 0 Å². The van der Waals surface area contributed by atoms with Gasteiger partial charge in [0.15, 0.2) is 0 Å².